The minimum absolute atomic E-state index is 0.903. The van der Waals surface area contributed by atoms with Crippen molar-refractivity contribution in [2.24, 2.45) is 0 Å². The molecule has 0 saturated heterocycles. The molecule has 266 valence electrons. The highest BCUT2D eigenvalue weighted by molar-refractivity contribution is 6.17. The first-order valence-corrected chi connectivity index (χ1v) is 19.3. The van der Waals surface area contributed by atoms with Crippen molar-refractivity contribution < 1.29 is 8.83 Å². The molecule has 3 heterocycles. The standard InChI is InChI=1S/C53H32N2O2/c1-2-8-39-32-54-49(31-36(39)7-1)35-15-13-33(14-16-35)34-17-21-40(22-18-34)55(41-23-27-43-37(29-41)19-25-47-45-9-3-5-11-50(45)56-52(43)47)42-24-28-44-38(30-42)20-26-48-46-10-4-6-12-51(46)57-53(44)48/h1-32H. The van der Waals surface area contributed by atoms with Crippen molar-refractivity contribution in [2.45, 2.75) is 0 Å². The Labute approximate surface area is 327 Å². The Hall–Kier alpha value is -7.69. The third kappa shape index (κ3) is 5.12. The number of furan rings is 2. The molecule has 0 N–H and O–H groups in total. The predicted molar refractivity (Wildman–Crippen MR) is 237 cm³/mol. The molecule has 0 atom stereocenters. The summed E-state index contributed by atoms with van der Waals surface area (Å²) in [5.74, 6) is 0. The maximum Gasteiger partial charge on any atom is 0.143 e. The van der Waals surface area contributed by atoms with E-state index in [4.69, 9.17) is 13.8 Å². The molecule has 0 amide bonds. The van der Waals surface area contributed by atoms with Gasteiger partial charge in [-0.05, 0) is 106 Å². The summed E-state index contributed by atoms with van der Waals surface area (Å²) in [5.41, 5.74) is 11.2. The van der Waals surface area contributed by atoms with E-state index in [0.717, 1.165) is 110 Å². The molecule has 0 aliphatic heterocycles. The van der Waals surface area contributed by atoms with E-state index in [0.29, 0.717) is 0 Å². The van der Waals surface area contributed by atoms with Crippen molar-refractivity contribution in [3.63, 3.8) is 0 Å². The fourth-order valence-corrected chi connectivity index (χ4v) is 8.60. The minimum atomic E-state index is 0.903. The molecule has 0 unspecified atom stereocenters. The first-order valence-electron chi connectivity index (χ1n) is 19.3. The van der Waals surface area contributed by atoms with Gasteiger partial charge in [-0.15, -0.1) is 0 Å². The summed E-state index contributed by atoms with van der Waals surface area (Å²) in [5, 5.41) is 11.3. The Kier molecular flexibility index (Phi) is 6.89. The summed E-state index contributed by atoms with van der Waals surface area (Å²) in [6.45, 7) is 0. The van der Waals surface area contributed by atoms with Crippen LogP contribution in [0, 0.1) is 0 Å². The monoisotopic (exact) mass is 728 g/mol. The summed E-state index contributed by atoms with van der Waals surface area (Å²) in [6, 6.07) is 66.7. The fourth-order valence-electron chi connectivity index (χ4n) is 8.60. The lowest BCUT2D eigenvalue weighted by Crippen LogP contribution is -2.10. The Bertz CT molecular complexity index is 3370. The molecule has 0 aliphatic carbocycles. The van der Waals surface area contributed by atoms with Gasteiger partial charge in [-0.2, -0.15) is 0 Å². The van der Waals surface area contributed by atoms with Crippen molar-refractivity contribution in [1.29, 1.82) is 0 Å². The smallest absolute Gasteiger partial charge is 0.143 e. The van der Waals surface area contributed by atoms with Gasteiger partial charge >= 0.3 is 0 Å². The average molecular weight is 729 g/mol. The zero-order valence-corrected chi connectivity index (χ0v) is 30.7. The van der Waals surface area contributed by atoms with Gasteiger partial charge in [0.25, 0.3) is 0 Å². The third-order valence-corrected chi connectivity index (χ3v) is 11.5. The SMILES string of the molecule is c1ccc2cc(-c3ccc(-c4ccc(N(c5ccc6c(ccc7c8ccccc8oc67)c5)c5ccc6c(ccc7c8ccccc8oc67)c5)cc4)cc3)ncc2c1. The quantitative estimate of drug-likeness (QED) is 0.177. The van der Waals surface area contributed by atoms with Crippen LogP contribution < -0.4 is 4.90 Å². The number of rotatable bonds is 5. The largest absolute Gasteiger partial charge is 0.455 e. The van der Waals surface area contributed by atoms with E-state index in [9.17, 15) is 0 Å². The van der Waals surface area contributed by atoms with Gasteiger partial charge in [0.05, 0.1) is 5.69 Å². The second-order valence-corrected chi connectivity index (χ2v) is 14.8. The van der Waals surface area contributed by atoms with Crippen LogP contribution >= 0.6 is 0 Å². The highest BCUT2D eigenvalue weighted by Crippen LogP contribution is 2.42. The van der Waals surface area contributed by atoms with Gasteiger partial charge in [-0.3, -0.25) is 4.98 Å². The summed E-state index contributed by atoms with van der Waals surface area (Å²) in [4.78, 5) is 7.08. The lowest BCUT2D eigenvalue weighted by Gasteiger charge is -2.26. The number of benzene rings is 9. The fraction of sp³-hybridized carbons (Fsp3) is 0. The molecule has 0 saturated carbocycles. The number of para-hydroxylation sites is 2. The van der Waals surface area contributed by atoms with Crippen LogP contribution in [-0.4, -0.2) is 4.98 Å². The molecular formula is C53H32N2O2. The van der Waals surface area contributed by atoms with Crippen LogP contribution in [0.3, 0.4) is 0 Å². The number of hydrogen-bond donors (Lipinski definition) is 0. The van der Waals surface area contributed by atoms with Crippen molar-refractivity contribution in [1.82, 2.24) is 4.98 Å². The number of pyridine rings is 1. The van der Waals surface area contributed by atoms with Crippen LogP contribution in [0.4, 0.5) is 17.1 Å². The highest BCUT2D eigenvalue weighted by atomic mass is 16.3. The van der Waals surface area contributed by atoms with E-state index in [1.54, 1.807) is 0 Å². The molecule has 12 rings (SSSR count). The number of anilines is 3. The van der Waals surface area contributed by atoms with Crippen LogP contribution in [0.2, 0.25) is 0 Å². The molecule has 57 heavy (non-hydrogen) atoms. The van der Waals surface area contributed by atoms with Crippen molar-refractivity contribution >= 4 is 93.3 Å². The minimum Gasteiger partial charge on any atom is -0.455 e. The number of aromatic nitrogens is 1. The summed E-state index contributed by atoms with van der Waals surface area (Å²) in [7, 11) is 0. The maximum atomic E-state index is 6.42. The summed E-state index contributed by atoms with van der Waals surface area (Å²) >= 11 is 0. The second kappa shape index (κ2) is 12.4. The number of hydrogen-bond acceptors (Lipinski definition) is 4. The highest BCUT2D eigenvalue weighted by Gasteiger charge is 2.18. The molecule has 0 fully saturated rings. The van der Waals surface area contributed by atoms with Crippen LogP contribution in [0.15, 0.2) is 203 Å². The molecule has 9 aromatic carbocycles. The van der Waals surface area contributed by atoms with Crippen LogP contribution in [0.25, 0.3) is 98.6 Å². The van der Waals surface area contributed by atoms with Gasteiger partial charge in [0.1, 0.15) is 22.3 Å². The van der Waals surface area contributed by atoms with Gasteiger partial charge in [0.2, 0.25) is 0 Å². The van der Waals surface area contributed by atoms with Gasteiger partial charge in [0, 0.05) is 66.5 Å². The topological polar surface area (TPSA) is 42.4 Å². The average Bonchev–Trinajstić information content (AvgIpc) is 3.86. The van der Waals surface area contributed by atoms with E-state index in [2.05, 4.69) is 163 Å². The molecular weight excluding hydrogens is 697 g/mol. The molecule has 0 bridgehead atoms. The first-order chi connectivity index (χ1) is 28.2. The second-order valence-electron chi connectivity index (χ2n) is 14.8. The molecule has 0 radical (unpaired) electrons. The van der Waals surface area contributed by atoms with E-state index in [1.165, 1.54) is 5.39 Å². The Balaban J connectivity index is 0.957. The molecule has 0 aliphatic rings. The van der Waals surface area contributed by atoms with E-state index >= 15 is 0 Å². The Morgan fingerprint density at radius 1 is 0.333 bits per heavy atom. The van der Waals surface area contributed by atoms with Gasteiger partial charge in [0.15, 0.2) is 0 Å². The van der Waals surface area contributed by atoms with Gasteiger partial charge in [-0.25, -0.2) is 0 Å². The molecule has 4 heteroatoms. The van der Waals surface area contributed by atoms with E-state index in [-0.39, 0.29) is 0 Å². The van der Waals surface area contributed by atoms with Crippen LogP contribution in [0.1, 0.15) is 0 Å². The van der Waals surface area contributed by atoms with E-state index in [1.807, 2.05) is 36.5 Å². The summed E-state index contributed by atoms with van der Waals surface area (Å²) < 4.78 is 12.8. The Morgan fingerprint density at radius 2 is 0.807 bits per heavy atom. The normalized spacial score (nSPS) is 11.9. The third-order valence-electron chi connectivity index (χ3n) is 11.5. The Morgan fingerprint density at radius 3 is 1.40 bits per heavy atom. The van der Waals surface area contributed by atoms with Crippen LogP contribution in [0.5, 0.6) is 0 Å². The summed E-state index contributed by atoms with van der Waals surface area (Å²) in [6.07, 6.45) is 1.95. The number of fused-ring (bicyclic) bond motifs is 11. The number of nitrogens with zero attached hydrogens (tertiary/aromatic N) is 2. The van der Waals surface area contributed by atoms with Gasteiger partial charge < -0.3 is 13.7 Å². The van der Waals surface area contributed by atoms with Crippen LogP contribution in [-0.2, 0) is 0 Å². The van der Waals surface area contributed by atoms with Crippen molar-refractivity contribution in [3.8, 4) is 22.4 Å². The van der Waals surface area contributed by atoms with E-state index < -0.39 is 0 Å². The maximum absolute atomic E-state index is 6.42. The first kappa shape index (κ1) is 31.6. The lowest BCUT2D eigenvalue weighted by molar-refractivity contribution is 0.672. The predicted octanol–water partition coefficient (Wildman–Crippen LogP) is 15.1. The molecule has 4 nitrogen and oxygen atoms in total. The van der Waals surface area contributed by atoms with Crippen molar-refractivity contribution in [2.75, 3.05) is 4.90 Å². The van der Waals surface area contributed by atoms with Crippen molar-refractivity contribution in [3.05, 3.63) is 194 Å². The zero-order chi connectivity index (χ0) is 37.5. The lowest BCUT2D eigenvalue weighted by atomic mass is 10.0. The molecule has 3 aromatic heterocycles. The molecule has 12 aromatic rings. The van der Waals surface area contributed by atoms with Gasteiger partial charge in [-0.1, -0.05) is 109 Å². The molecule has 0 spiro atoms. The zero-order valence-electron chi connectivity index (χ0n) is 30.7.